The molecule has 5 rings (SSSR count). The summed E-state index contributed by atoms with van der Waals surface area (Å²) in [6.45, 7) is 1.68. The van der Waals surface area contributed by atoms with E-state index in [9.17, 15) is 8.42 Å². The molecule has 3 aromatic carbocycles. The lowest BCUT2D eigenvalue weighted by Crippen LogP contribution is -2.44. The van der Waals surface area contributed by atoms with Gasteiger partial charge < -0.3 is 9.34 Å². The molecule has 2 aliphatic heterocycles. The van der Waals surface area contributed by atoms with Gasteiger partial charge in [-0.25, -0.2) is 8.42 Å². The molecule has 3 aromatic rings. The van der Waals surface area contributed by atoms with E-state index in [0.717, 1.165) is 11.4 Å². The Kier molecular flexibility index (Phi) is 6.90. The van der Waals surface area contributed by atoms with Gasteiger partial charge in [-0.05, 0) is 42.0 Å². The minimum Gasteiger partial charge on any atom is -0.304 e. The van der Waals surface area contributed by atoms with Gasteiger partial charge in [0.15, 0.2) is 9.84 Å². The first-order valence-electron chi connectivity index (χ1n) is 11.4. The van der Waals surface area contributed by atoms with Gasteiger partial charge in [-0.2, -0.15) is 0 Å². The van der Waals surface area contributed by atoms with Gasteiger partial charge in [0, 0.05) is 47.6 Å². The van der Waals surface area contributed by atoms with E-state index in [1.54, 1.807) is 12.1 Å². The van der Waals surface area contributed by atoms with Gasteiger partial charge in [-0.1, -0.05) is 65.7 Å². The van der Waals surface area contributed by atoms with Crippen LogP contribution in [0.5, 0.6) is 0 Å². The largest absolute Gasteiger partial charge is 0.304 e. The van der Waals surface area contributed by atoms with Gasteiger partial charge in [0.1, 0.15) is 5.78 Å². The number of hydrogen-bond acceptors (Lipinski definition) is 4. The Bertz CT molecular complexity index is 1290. The third kappa shape index (κ3) is 4.73. The number of sulfone groups is 1. The zero-order chi connectivity index (χ0) is 24.6. The van der Waals surface area contributed by atoms with E-state index >= 15 is 4.57 Å². The van der Waals surface area contributed by atoms with Crippen molar-refractivity contribution in [2.75, 3.05) is 47.0 Å². The molecule has 0 aliphatic carbocycles. The van der Waals surface area contributed by atoms with Crippen LogP contribution in [0.4, 0.5) is 11.4 Å². The molecule has 2 saturated heterocycles. The van der Waals surface area contributed by atoms with Gasteiger partial charge in [-0.15, -0.1) is 0 Å². The fourth-order valence-corrected chi connectivity index (χ4v) is 10.5. The summed E-state index contributed by atoms with van der Waals surface area (Å²) in [7, 11) is -6.58. The predicted octanol–water partition coefficient (Wildman–Crippen LogP) is 5.94. The first kappa shape index (κ1) is 24.7. The normalized spacial score (nSPS) is 20.6. The van der Waals surface area contributed by atoms with Crippen molar-refractivity contribution in [2.24, 2.45) is 0 Å². The minimum absolute atomic E-state index is 0.0192. The minimum atomic E-state index is -3.45. The van der Waals surface area contributed by atoms with E-state index < -0.39 is 23.1 Å². The van der Waals surface area contributed by atoms with Crippen LogP contribution in [0.1, 0.15) is 11.3 Å². The highest BCUT2D eigenvalue weighted by molar-refractivity contribution is 7.91. The summed E-state index contributed by atoms with van der Waals surface area (Å²) < 4.78 is 44.2. The zero-order valence-electron chi connectivity index (χ0n) is 19.0. The summed E-state index contributed by atoms with van der Waals surface area (Å²) in [6.07, 6.45) is 0. The molecule has 0 radical (unpaired) electrons. The molecular formula is C25H26Cl2N3O3PS. The van der Waals surface area contributed by atoms with Crippen LogP contribution in [-0.2, 0) is 14.4 Å². The molecule has 0 aromatic heterocycles. The van der Waals surface area contributed by atoms with E-state index in [4.69, 9.17) is 23.2 Å². The second kappa shape index (κ2) is 9.79. The van der Waals surface area contributed by atoms with Crippen molar-refractivity contribution in [3.63, 3.8) is 0 Å². The molecule has 184 valence electrons. The monoisotopic (exact) mass is 549 g/mol. The Morgan fingerprint density at radius 3 is 1.74 bits per heavy atom. The van der Waals surface area contributed by atoms with Crippen LogP contribution in [0.3, 0.4) is 0 Å². The van der Waals surface area contributed by atoms with E-state index in [1.165, 1.54) is 0 Å². The lowest BCUT2D eigenvalue weighted by Gasteiger charge is -2.44. The highest BCUT2D eigenvalue weighted by atomic mass is 35.5. The molecule has 0 spiro atoms. The Labute approximate surface area is 216 Å². The molecule has 0 N–H and O–H groups in total. The van der Waals surface area contributed by atoms with Crippen molar-refractivity contribution in [1.29, 1.82) is 0 Å². The number of halogens is 2. The molecule has 1 atom stereocenters. The lowest BCUT2D eigenvalue weighted by molar-refractivity contribution is 0.267. The summed E-state index contributed by atoms with van der Waals surface area (Å²) >= 11 is 13.0. The highest BCUT2D eigenvalue weighted by Gasteiger charge is 2.53. The predicted molar refractivity (Wildman–Crippen MR) is 145 cm³/mol. The third-order valence-corrected chi connectivity index (χ3v) is 12.3. The van der Waals surface area contributed by atoms with Gasteiger partial charge >= 0.3 is 0 Å². The summed E-state index contributed by atoms with van der Waals surface area (Å²) in [5.41, 5.74) is 2.39. The summed E-state index contributed by atoms with van der Waals surface area (Å²) in [6, 6.07) is 24.7. The topological polar surface area (TPSA) is 60.9 Å². The quantitative estimate of drug-likeness (QED) is 0.367. The zero-order valence-corrected chi connectivity index (χ0v) is 22.2. The summed E-state index contributed by atoms with van der Waals surface area (Å²) in [5, 5.41) is 0.905. The van der Waals surface area contributed by atoms with Crippen LogP contribution < -0.4 is 9.34 Å². The van der Waals surface area contributed by atoms with E-state index in [1.807, 2.05) is 81.0 Å². The lowest BCUT2D eigenvalue weighted by atomic mass is 10.2. The molecule has 10 heteroatoms. The van der Waals surface area contributed by atoms with Gasteiger partial charge in [0.2, 0.25) is 0 Å². The van der Waals surface area contributed by atoms with Crippen molar-refractivity contribution in [1.82, 2.24) is 4.90 Å². The van der Waals surface area contributed by atoms with Crippen LogP contribution in [0, 0.1) is 0 Å². The average molecular weight is 550 g/mol. The molecule has 2 aliphatic rings. The highest BCUT2D eigenvalue weighted by Crippen LogP contribution is 2.70. The molecular weight excluding hydrogens is 524 g/mol. The Morgan fingerprint density at radius 1 is 0.743 bits per heavy atom. The van der Waals surface area contributed by atoms with Crippen molar-refractivity contribution >= 4 is 51.9 Å². The number of benzene rings is 3. The third-order valence-electron chi connectivity index (χ3n) is 6.61. The maximum atomic E-state index is 15.6. The Balaban J connectivity index is 1.71. The number of anilines is 2. The van der Waals surface area contributed by atoms with Crippen LogP contribution in [0.25, 0.3) is 0 Å². The number of nitrogens with zero attached hydrogens (tertiary/aromatic N) is 3. The van der Waals surface area contributed by atoms with Crippen LogP contribution >= 0.6 is 30.6 Å². The molecule has 2 heterocycles. The molecule has 0 saturated carbocycles. The summed E-state index contributed by atoms with van der Waals surface area (Å²) in [4.78, 5) is 2.02. The fraction of sp³-hybridized carbons (Fsp3) is 0.280. The molecule has 0 bridgehead atoms. The van der Waals surface area contributed by atoms with Crippen molar-refractivity contribution < 1.29 is 13.0 Å². The SMILES string of the molecule is O=P1(C(c2ccc(Cl)cc2Cl)N2CCS(=O)(=O)CC2)N(c2ccccc2)CCN1c1ccccc1. The molecule has 6 nitrogen and oxygen atoms in total. The Morgan fingerprint density at radius 2 is 1.26 bits per heavy atom. The van der Waals surface area contributed by atoms with Gasteiger partial charge in [0.05, 0.1) is 11.5 Å². The molecule has 35 heavy (non-hydrogen) atoms. The Hall–Kier alpha value is -2.02. The maximum Gasteiger partial charge on any atom is 0.284 e. The standard InChI is InChI=1S/C25H26Cl2N3O3PS/c26-20-11-12-23(24(27)19-20)25(28-15-17-35(32,33)18-16-28)34(31)29(21-7-3-1-4-8-21)13-14-30(34)22-9-5-2-6-10-22/h1-12,19,25H,13-18H2. The maximum absolute atomic E-state index is 15.6. The van der Waals surface area contributed by atoms with Crippen LogP contribution in [-0.4, -0.2) is 51.0 Å². The van der Waals surface area contributed by atoms with E-state index in [-0.39, 0.29) is 24.6 Å². The molecule has 1 unspecified atom stereocenters. The van der Waals surface area contributed by atoms with Gasteiger partial charge in [-0.3, -0.25) is 9.46 Å². The van der Waals surface area contributed by atoms with Crippen LogP contribution in [0.15, 0.2) is 78.9 Å². The smallest absolute Gasteiger partial charge is 0.284 e. The molecule has 2 fully saturated rings. The first-order valence-corrected chi connectivity index (χ1v) is 15.7. The number of rotatable bonds is 5. The molecule has 0 amide bonds. The number of hydrogen-bond donors (Lipinski definition) is 0. The average Bonchev–Trinajstić information content (AvgIpc) is 3.20. The second-order valence-electron chi connectivity index (χ2n) is 8.73. The fourth-order valence-electron chi connectivity index (χ4n) is 4.93. The first-order chi connectivity index (χ1) is 16.8. The van der Waals surface area contributed by atoms with Crippen molar-refractivity contribution in [3.8, 4) is 0 Å². The van der Waals surface area contributed by atoms with E-state index in [2.05, 4.69) is 0 Å². The van der Waals surface area contributed by atoms with Crippen molar-refractivity contribution in [2.45, 2.75) is 5.78 Å². The van der Waals surface area contributed by atoms with Gasteiger partial charge in [0.25, 0.3) is 7.44 Å². The van der Waals surface area contributed by atoms with Crippen LogP contribution in [0.2, 0.25) is 10.0 Å². The van der Waals surface area contributed by atoms with Crippen molar-refractivity contribution in [3.05, 3.63) is 94.5 Å². The summed E-state index contributed by atoms with van der Waals surface area (Å²) in [5.74, 6) is -0.609. The second-order valence-corrected chi connectivity index (χ2v) is 14.5. The number of para-hydroxylation sites is 2. The van der Waals surface area contributed by atoms with E-state index in [0.29, 0.717) is 28.7 Å².